The van der Waals surface area contributed by atoms with Crippen molar-refractivity contribution < 1.29 is 4.79 Å². The van der Waals surface area contributed by atoms with Gasteiger partial charge in [-0.05, 0) is 58.4 Å². The van der Waals surface area contributed by atoms with E-state index in [-0.39, 0.29) is 12.3 Å². The summed E-state index contributed by atoms with van der Waals surface area (Å²) in [5.41, 5.74) is 5.33. The topological polar surface area (TPSA) is 85.6 Å². The van der Waals surface area contributed by atoms with E-state index in [1.165, 1.54) is 0 Å². The van der Waals surface area contributed by atoms with Gasteiger partial charge in [-0.2, -0.15) is 5.10 Å². The minimum atomic E-state index is -0.129. The number of amides is 1. The van der Waals surface area contributed by atoms with Gasteiger partial charge in [-0.25, -0.2) is 19.6 Å². The smallest absolute Gasteiger partial charge is 0.251 e. The predicted molar refractivity (Wildman–Crippen MR) is 99.4 cm³/mol. The molecule has 7 heteroatoms. The number of carbonyl (C=O) groups excluding carboxylic acids is 1. The molecule has 0 aliphatic heterocycles. The van der Waals surface area contributed by atoms with E-state index in [9.17, 15) is 4.79 Å². The Bertz CT molecular complexity index is 956. The van der Waals surface area contributed by atoms with Crippen LogP contribution in [0.2, 0.25) is 0 Å². The third kappa shape index (κ3) is 3.77. The molecule has 3 heterocycles. The van der Waals surface area contributed by atoms with Crippen LogP contribution in [0, 0.1) is 34.6 Å². The van der Waals surface area contributed by atoms with E-state index in [1.54, 1.807) is 10.9 Å². The van der Waals surface area contributed by atoms with Crippen molar-refractivity contribution in [2.75, 3.05) is 5.32 Å². The van der Waals surface area contributed by atoms with Gasteiger partial charge in [0.1, 0.15) is 5.82 Å². The highest BCUT2D eigenvalue weighted by Gasteiger charge is 2.18. The number of nitrogens with zero attached hydrogens (tertiary/aromatic N) is 5. The van der Waals surface area contributed by atoms with E-state index in [4.69, 9.17) is 0 Å². The quantitative estimate of drug-likeness (QED) is 0.782. The van der Waals surface area contributed by atoms with Crippen molar-refractivity contribution in [3.63, 3.8) is 0 Å². The molecule has 0 bridgehead atoms. The average Bonchev–Trinajstić information content (AvgIpc) is 2.82. The van der Waals surface area contributed by atoms with Crippen LogP contribution in [-0.4, -0.2) is 30.6 Å². The van der Waals surface area contributed by atoms with E-state index >= 15 is 0 Å². The minimum Gasteiger partial charge on any atom is -0.310 e. The van der Waals surface area contributed by atoms with E-state index in [1.807, 2.05) is 52.8 Å². The average molecular weight is 350 g/mol. The van der Waals surface area contributed by atoms with Gasteiger partial charge in [-0.3, -0.25) is 4.79 Å². The fourth-order valence-corrected chi connectivity index (χ4v) is 2.88. The van der Waals surface area contributed by atoms with E-state index in [0.29, 0.717) is 11.8 Å². The SMILES string of the molecule is Cc1ccnc(NC(=O)Cc2c(C)nn(-c3nc(C)cc(C)n3)c2C)c1. The van der Waals surface area contributed by atoms with Crippen LogP contribution in [0.5, 0.6) is 0 Å². The van der Waals surface area contributed by atoms with Crippen LogP contribution in [0.15, 0.2) is 24.4 Å². The molecular weight excluding hydrogens is 328 g/mol. The van der Waals surface area contributed by atoms with Crippen molar-refractivity contribution >= 4 is 11.7 Å². The van der Waals surface area contributed by atoms with Crippen LogP contribution in [0.1, 0.15) is 33.9 Å². The second-order valence-electron chi connectivity index (χ2n) is 6.46. The summed E-state index contributed by atoms with van der Waals surface area (Å²) in [5, 5.41) is 7.37. The summed E-state index contributed by atoms with van der Waals surface area (Å²) in [6.45, 7) is 9.62. The molecule has 3 aromatic heterocycles. The molecule has 3 rings (SSSR count). The highest BCUT2D eigenvalue weighted by atomic mass is 16.1. The molecule has 0 saturated carbocycles. The Balaban J connectivity index is 1.85. The Labute approximate surface area is 152 Å². The highest BCUT2D eigenvalue weighted by molar-refractivity contribution is 5.91. The first-order chi connectivity index (χ1) is 12.3. The lowest BCUT2D eigenvalue weighted by atomic mass is 10.1. The number of nitrogens with one attached hydrogen (secondary N) is 1. The van der Waals surface area contributed by atoms with Crippen molar-refractivity contribution in [1.29, 1.82) is 0 Å². The lowest BCUT2D eigenvalue weighted by Gasteiger charge is -2.07. The summed E-state index contributed by atoms with van der Waals surface area (Å²) in [5.74, 6) is 0.945. The molecule has 0 saturated heterocycles. The number of pyridine rings is 1. The Morgan fingerprint density at radius 3 is 2.42 bits per heavy atom. The molecule has 0 unspecified atom stereocenters. The van der Waals surface area contributed by atoms with Gasteiger partial charge in [-0.15, -0.1) is 0 Å². The van der Waals surface area contributed by atoms with Gasteiger partial charge in [0.05, 0.1) is 12.1 Å². The maximum atomic E-state index is 12.4. The number of carbonyl (C=O) groups is 1. The van der Waals surface area contributed by atoms with Crippen molar-refractivity contribution in [3.05, 3.63) is 58.3 Å². The summed E-state index contributed by atoms with van der Waals surface area (Å²) in [6, 6.07) is 5.64. The molecule has 1 amide bonds. The molecule has 0 radical (unpaired) electrons. The van der Waals surface area contributed by atoms with Gasteiger partial charge in [0, 0.05) is 28.8 Å². The normalized spacial score (nSPS) is 10.8. The van der Waals surface area contributed by atoms with E-state index in [0.717, 1.165) is 33.9 Å². The predicted octanol–water partition coefficient (Wildman–Crippen LogP) is 2.78. The Morgan fingerprint density at radius 1 is 1.08 bits per heavy atom. The molecule has 134 valence electrons. The number of aromatic nitrogens is 5. The third-order valence-corrected chi connectivity index (χ3v) is 4.12. The first kappa shape index (κ1) is 17.7. The van der Waals surface area contributed by atoms with Gasteiger partial charge in [-0.1, -0.05) is 0 Å². The zero-order chi connectivity index (χ0) is 18.8. The number of aryl methyl sites for hydroxylation is 4. The van der Waals surface area contributed by atoms with Crippen LogP contribution in [0.25, 0.3) is 5.95 Å². The summed E-state index contributed by atoms with van der Waals surface area (Å²) >= 11 is 0. The number of hydrogen-bond donors (Lipinski definition) is 1. The van der Waals surface area contributed by atoms with Crippen molar-refractivity contribution in [1.82, 2.24) is 24.7 Å². The van der Waals surface area contributed by atoms with Gasteiger partial charge < -0.3 is 5.32 Å². The molecule has 0 aliphatic rings. The molecule has 0 aromatic carbocycles. The lowest BCUT2D eigenvalue weighted by Crippen LogP contribution is -2.16. The van der Waals surface area contributed by atoms with E-state index < -0.39 is 0 Å². The van der Waals surface area contributed by atoms with Crippen molar-refractivity contribution in [2.24, 2.45) is 0 Å². The van der Waals surface area contributed by atoms with Crippen LogP contribution in [-0.2, 0) is 11.2 Å². The van der Waals surface area contributed by atoms with E-state index in [2.05, 4.69) is 25.4 Å². The van der Waals surface area contributed by atoms with Crippen LogP contribution >= 0.6 is 0 Å². The summed E-state index contributed by atoms with van der Waals surface area (Å²) < 4.78 is 1.70. The Kier molecular flexibility index (Phi) is 4.79. The van der Waals surface area contributed by atoms with Crippen LogP contribution < -0.4 is 5.32 Å². The minimum absolute atomic E-state index is 0.129. The first-order valence-electron chi connectivity index (χ1n) is 8.43. The monoisotopic (exact) mass is 350 g/mol. The van der Waals surface area contributed by atoms with Gasteiger partial charge >= 0.3 is 0 Å². The third-order valence-electron chi connectivity index (χ3n) is 4.12. The molecular formula is C19H22N6O. The fourth-order valence-electron chi connectivity index (χ4n) is 2.88. The zero-order valence-electron chi connectivity index (χ0n) is 15.7. The summed E-state index contributed by atoms with van der Waals surface area (Å²) in [6.07, 6.45) is 1.90. The molecule has 1 N–H and O–H groups in total. The Morgan fingerprint density at radius 2 is 1.77 bits per heavy atom. The van der Waals surface area contributed by atoms with Gasteiger partial charge in [0.2, 0.25) is 5.91 Å². The molecule has 7 nitrogen and oxygen atoms in total. The standard InChI is InChI=1S/C19H22N6O/c1-11-6-7-20-17(8-11)23-18(26)10-16-14(4)24-25(15(16)5)19-21-12(2)9-13(3)22-19/h6-9H,10H2,1-5H3,(H,20,23,26). The second kappa shape index (κ2) is 7.03. The van der Waals surface area contributed by atoms with Gasteiger partial charge in [0.15, 0.2) is 0 Å². The Hall–Kier alpha value is -3.09. The summed E-state index contributed by atoms with van der Waals surface area (Å²) in [4.78, 5) is 25.5. The van der Waals surface area contributed by atoms with Crippen LogP contribution in [0.4, 0.5) is 5.82 Å². The maximum Gasteiger partial charge on any atom is 0.251 e. The zero-order valence-corrected chi connectivity index (χ0v) is 15.7. The lowest BCUT2D eigenvalue weighted by molar-refractivity contribution is -0.115. The number of rotatable bonds is 4. The van der Waals surface area contributed by atoms with Crippen molar-refractivity contribution in [2.45, 2.75) is 41.0 Å². The fraction of sp³-hybridized carbons (Fsp3) is 0.316. The first-order valence-corrected chi connectivity index (χ1v) is 8.43. The van der Waals surface area contributed by atoms with Crippen LogP contribution in [0.3, 0.4) is 0 Å². The second-order valence-corrected chi connectivity index (χ2v) is 6.46. The van der Waals surface area contributed by atoms with Gasteiger partial charge in [0.25, 0.3) is 5.95 Å². The molecule has 0 fully saturated rings. The molecule has 0 atom stereocenters. The molecule has 3 aromatic rings. The highest BCUT2D eigenvalue weighted by Crippen LogP contribution is 2.18. The molecule has 26 heavy (non-hydrogen) atoms. The summed E-state index contributed by atoms with van der Waals surface area (Å²) in [7, 11) is 0. The number of anilines is 1. The molecule has 0 aliphatic carbocycles. The largest absolute Gasteiger partial charge is 0.310 e. The maximum absolute atomic E-state index is 12.4. The van der Waals surface area contributed by atoms with Crippen molar-refractivity contribution in [3.8, 4) is 5.95 Å². The number of hydrogen-bond acceptors (Lipinski definition) is 5. The molecule has 0 spiro atoms.